The van der Waals surface area contributed by atoms with Crippen molar-refractivity contribution in [1.82, 2.24) is 20.4 Å². The van der Waals surface area contributed by atoms with Gasteiger partial charge in [0.1, 0.15) is 5.60 Å². The van der Waals surface area contributed by atoms with Crippen molar-refractivity contribution in [3.05, 3.63) is 18.0 Å². The molecule has 0 amide bonds. The highest BCUT2D eigenvalue weighted by Crippen LogP contribution is 2.19. The van der Waals surface area contributed by atoms with Crippen molar-refractivity contribution in [3.63, 3.8) is 0 Å². The molecule has 0 aliphatic carbocycles. The lowest BCUT2D eigenvalue weighted by atomic mass is 10.0. The molecular formula is C18H33N5O3. The number of hydrogen-bond donors (Lipinski definition) is 3. The molecule has 0 radical (unpaired) electrons. The molecule has 1 saturated heterocycles. The van der Waals surface area contributed by atoms with Crippen LogP contribution in [0.4, 0.5) is 0 Å². The van der Waals surface area contributed by atoms with E-state index in [1.54, 1.807) is 17.8 Å². The Morgan fingerprint density at radius 1 is 1.54 bits per heavy atom. The van der Waals surface area contributed by atoms with Gasteiger partial charge in [0, 0.05) is 51.0 Å². The molecule has 0 spiro atoms. The summed E-state index contributed by atoms with van der Waals surface area (Å²) in [5, 5.41) is 21.2. The molecule has 2 unspecified atom stereocenters. The second-order valence-electron chi connectivity index (χ2n) is 6.96. The summed E-state index contributed by atoms with van der Waals surface area (Å²) in [4.78, 5) is 4.50. The van der Waals surface area contributed by atoms with Crippen LogP contribution in [0.5, 0.6) is 0 Å². The molecule has 2 rings (SSSR count). The monoisotopic (exact) mass is 367 g/mol. The molecule has 1 aromatic heterocycles. The number of hydrogen-bond acceptors (Lipinski definition) is 5. The molecule has 1 aliphatic heterocycles. The number of aromatic nitrogens is 2. The second-order valence-corrected chi connectivity index (χ2v) is 6.96. The molecule has 8 heteroatoms. The quantitative estimate of drug-likeness (QED) is 0.319. The van der Waals surface area contributed by atoms with Crippen molar-refractivity contribution in [2.75, 3.05) is 46.1 Å². The first-order valence-electron chi connectivity index (χ1n) is 9.40. The van der Waals surface area contributed by atoms with Crippen molar-refractivity contribution < 1.29 is 14.6 Å². The average molecular weight is 367 g/mol. The standard InChI is InChI=1S/C18H33N5O3/c1-4-19-17(20-7-5-8-25-12-15-6-9-26-13-15)21-14-18(2,24)16-10-22-23(3)11-16/h10-11,15,24H,4-9,12-14H2,1-3H3,(H2,19,20,21). The highest BCUT2D eigenvalue weighted by atomic mass is 16.5. The molecule has 26 heavy (non-hydrogen) atoms. The van der Waals surface area contributed by atoms with E-state index in [0.29, 0.717) is 11.9 Å². The lowest BCUT2D eigenvalue weighted by molar-refractivity contribution is 0.0671. The maximum absolute atomic E-state index is 10.6. The van der Waals surface area contributed by atoms with Crippen LogP contribution in [0.3, 0.4) is 0 Å². The minimum Gasteiger partial charge on any atom is -0.383 e. The summed E-state index contributed by atoms with van der Waals surface area (Å²) in [7, 11) is 1.83. The van der Waals surface area contributed by atoms with Gasteiger partial charge in [-0.15, -0.1) is 0 Å². The first-order chi connectivity index (χ1) is 12.5. The molecule has 1 fully saturated rings. The summed E-state index contributed by atoms with van der Waals surface area (Å²) in [5.41, 5.74) is -0.299. The van der Waals surface area contributed by atoms with Crippen LogP contribution in [0.2, 0.25) is 0 Å². The second kappa shape index (κ2) is 10.5. The zero-order valence-corrected chi connectivity index (χ0v) is 16.2. The van der Waals surface area contributed by atoms with Crippen molar-refractivity contribution in [3.8, 4) is 0 Å². The highest BCUT2D eigenvalue weighted by molar-refractivity contribution is 5.79. The summed E-state index contributed by atoms with van der Waals surface area (Å²) in [6.45, 7) is 8.74. The topological polar surface area (TPSA) is 92.9 Å². The molecular weight excluding hydrogens is 334 g/mol. The third-order valence-corrected chi connectivity index (χ3v) is 4.35. The molecule has 2 atom stereocenters. The first kappa shape index (κ1) is 20.7. The molecule has 0 saturated carbocycles. The van der Waals surface area contributed by atoms with Gasteiger partial charge >= 0.3 is 0 Å². The summed E-state index contributed by atoms with van der Waals surface area (Å²) in [6, 6.07) is 0. The molecule has 8 nitrogen and oxygen atoms in total. The molecule has 0 aromatic carbocycles. The largest absolute Gasteiger partial charge is 0.383 e. The zero-order chi connectivity index (χ0) is 18.8. The molecule has 1 aromatic rings. The Bertz CT molecular complexity index is 553. The number of nitrogens with zero attached hydrogens (tertiary/aromatic N) is 3. The lowest BCUT2D eigenvalue weighted by Crippen LogP contribution is -2.39. The number of aryl methyl sites for hydroxylation is 1. The predicted octanol–water partition coefficient (Wildman–Crippen LogP) is 0.626. The van der Waals surface area contributed by atoms with E-state index in [-0.39, 0.29) is 6.54 Å². The molecule has 0 bridgehead atoms. The summed E-state index contributed by atoms with van der Waals surface area (Å²) in [6.07, 6.45) is 5.48. The van der Waals surface area contributed by atoms with Gasteiger partial charge in [-0.1, -0.05) is 0 Å². The van der Waals surface area contributed by atoms with Gasteiger partial charge in [-0.2, -0.15) is 5.10 Å². The Morgan fingerprint density at radius 3 is 3.04 bits per heavy atom. The van der Waals surface area contributed by atoms with Gasteiger partial charge < -0.3 is 25.2 Å². The third kappa shape index (κ3) is 6.93. The van der Waals surface area contributed by atoms with Crippen LogP contribution in [-0.4, -0.2) is 66.9 Å². The van der Waals surface area contributed by atoms with Gasteiger partial charge in [-0.05, 0) is 26.7 Å². The number of aliphatic imine (C=N–C) groups is 1. The maximum Gasteiger partial charge on any atom is 0.191 e. The van der Waals surface area contributed by atoms with Gasteiger partial charge in [-0.25, -0.2) is 4.99 Å². The molecule has 3 N–H and O–H groups in total. The Labute approximate surface area is 156 Å². The Morgan fingerprint density at radius 2 is 2.38 bits per heavy atom. The van der Waals surface area contributed by atoms with Crippen LogP contribution >= 0.6 is 0 Å². The number of guanidine groups is 1. The Hall–Kier alpha value is -1.64. The van der Waals surface area contributed by atoms with Gasteiger partial charge in [0.05, 0.1) is 26.0 Å². The zero-order valence-electron chi connectivity index (χ0n) is 16.2. The van der Waals surface area contributed by atoms with Gasteiger partial charge in [0.15, 0.2) is 5.96 Å². The average Bonchev–Trinajstić information content (AvgIpc) is 3.27. The smallest absolute Gasteiger partial charge is 0.191 e. The van der Waals surface area contributed by atoms with E-state index in [1.807, 2.05) is 20.2 Å². The van der Waals surface area contributed by atoms with Crippen molar-refractivity contribution in [2.45, 2.75) is 32.3 Å². The highest BCUT2D eigenvalue weighted by Gasteiger charge is 2.24. The fourth-order valence-electron chi connectivity index (χ4n) is 2.71. The van der Waals surface area contributed by atoms with Gasteiger partial charge in [0.25, 0.3) is 0 Å². The van der Waals surface area contributed by atoms with Gasteiger partial charge in [-0.3, -0.25) is 4.68 Å². The summed E-state index contributed by atoms with van der Waals surface area (Å²) in [5.74, 6) is 1.25. The van der Waals surface area contributed by atoms with Crippen LogP contribution in [0.25, 0.3) is 0 Å². The Balaban J connectivity index is 1.70. The first-order valence-corrected chi connectivity index (χ1v) is 9.40. The van der Waals surface area contributed by atoms with E-state index < -0.39 is 5.60 Å². The fourth-order valence-corrected chi connectivity index (χ4v) is 2.71. The normalized spacial score (nSPS) is 20.2. The number of aliphatic hydroxyl groups is 1. The van der Waals surface area contributed by atoms with Crippen LogP contribution in [0, 0.1) is 5.92 Å². The van der Waals surface area contributed by atoms with E-state index >= 15 is 0 Å². The lowest BCUT2D eigenvalue weighted by Gasteiger charge is -2.20. The number of rotatable bonds is 10. The molecule has 2 heterocycles. The predicted molar refractivity (Wildman–Crippen MR) is 101 cm³/mol. The van der Waals surface area contributed by atoms with Gasteiger partial charge in [0.2, 0.25) is 0 Å². The van der Waals surface area contributed by atoms with Crippen LogP contribution in [-0.2, 0) is 22.1 Å². The van der Waals surface area contributed by atoms with Crippen molar-refractivity contribution in [1.29, 1.82) is 0 Å². The van der Waals surface area contributed by atoms with Crippen LogP contribution in [0.15, 0.2) is 17.4 Å². The summed E-state index contributed by atoms with van der Waals surface area (Å²) >= 11 is 0. The summed E-state index contributed by atoms with van der Waals surface area (Å²) < 4.78 is 12.7. The number of ether oxygens (including phenoxy) is 2. The Kier molecular flexibility index (Phi) is 8.34. The SMILES string of the molecule is CCNC(=NCC(C)(O)c1cnn(C)c1)NCCCOCC1CCOC1. The molecule has 1 aliphatic rings. The maximum atomic E-state index is 10.6. The van der Waals surface area contributed by atoms with Crippen LogP contribution in [0.1, 0.15) is 32.3 Å². The third-order valence-electron chi connectivity index (χ3n) is 4.35. The fraction of sp³-hybridized carbons (Fsp3) is 0.778. The minimum absolute atomic E-state index is 0.256. The van der Waals surface area contributed by atoms with Crippen molar-refractivity contribution >= 4 is 5.96 Å². The van der Waals surface area contributed by atoms with E-state index in [4.69, 9.17) is 9.47 Å². The minimum atomic E-state index is -1.05. The van der Waals surface area contributed by atoms with Crippen molar-refractivity contribution in [2.24, 2.45) is 18.0 Å². The molecule has 148 valence electrons. The van der Waals surface area contributed by atoms with E-state index in [0.717, 1.165) is 57.9 Å². The van der Waals surface area contributed by atoms with Crippen LogP contribution < -0.4 is 10.6 Å². The number of nitrogens with one attached hydrogen (secondary N) is 2. The van der Waals surface area contributed by atoms with E-state index in [9.17, 15) is 5.11 Å². The van der Waals surface area contributed by atoms with E-state index in [2.05, 4.69) is 20.7 Å². The van der Waals surface area contributed by atoms with E-state index in [1.165, 1.54) is 0 Å².